The molecule has 1 N–H and O–H groups in total. The van der Waals surface area contributed by atoms with Gasteiger partial charge in [0.05, 0.1) is 11.2 Å². The highest BCUT2D eigenvalue weighted by Gasteiger charge is 2.41. The Hall–Kier alpha value is -1.42. The number of likely N-dealkylation sites (tertiary alicyclic amines) is 1. The molecule has 0 spiro atoms. The van der Waals surface area contributed by atoms with Crippen LogP contribution in [-0.2, 0) is 11.3 Å². The van der Waals surface area contributed by atoms with Crippen LogP contribution in [0.15, 0.2) is 24.4 Å². The molecule has 114 valence electrons. The maximum Gasteiger partial charge on any atom is 0.220 e. The van der Waals surface area contributed by atoms with Gasteiger partial charge in [-0.2, -0.15) is 0 Å². The SMILES string of the molecule is C[C@]12CCCCN(Cc3ccccn3)[C@H]1CCCC(=O)N2. The molecule has 2 saturated heterocycles. The number of carbonyl (C=O) groups excluding carboxylic acids is 1. The number of pyridine rings is 1. The molecular weight excluding hydrogens is 262 g/mol. The molecule has 2 aliphatic rings. The first-order chi connectivity index (χ1) is 10.2. The molecule has 0 radical (unpaired) electrons. The number of amides is 1. The van der Waals surface area contributed by atoms with Gasteiger partial charge >= 0.3 is 0 Å². The zero-order valence-corrected chi connectivity index (χ0v) is 12.8. The van der Waals surface area contributed by atoms with E-state index in [-0.39, 0.29) is 11.4 Å². The Kier molecular flexibility index (Phi) is 4.24. The number of fused-ring (bicyclic) bond motifs is 1. The molecule has 1 aromatic rings. The highest BCUT2D eigenvalue weighted by atomic mass is 16.1. The molecule has 0 bridgehead atoms. The zero-order chi connectivity index (χ0) is 14.7. The van der Waals surface area contributed by atoms with Crippen LogP contribution in [0.5, 0.6) is 0 Å². The highest BCUT2D eigenvalue weighted by molar-refractivity contribution is 5.77. The zero-order valence-electron chi connectivity index (χ0n) is 12.8. The lowest BCUT2D eigenvalue weighted by Gasteiger charge is -2.41. The fourth-order valence-electron chi connectivity index (χ4n) is 3.91. The van der Waals surface area contributed by atoms with Gasteiger partial charge in [0.1, 0.15) is 0 Å². The third kappa shape index (κ3) is 3.26. The van der Waals surface area contributed by atoms with Crippen molar-refractivity contribution in [1.82, 2.24) is 15.2 Å². The summed E-state index contributed by atoms with van der Waals surface area (Å²) >= 11 is 0. The number of rotatable bonds is 2. The van der Waals surface area contributed by atoms with Gasteiger partial charge in [-0.15, -0.1) is 0 Å². The van der Waals surface area contributed by atoms with Crippen molar-refractivity contribution in [2.24, 2.45) is 0 Å². The molecule has 1 amide bonds. The predicted octanol–water partition coefficient (Wildman–Crippen LogP) is 2.49. The van der Waals surface area contributed by atoms with Gasteiger partial charge in [0, 0.05) is 25.2 Å². The minimum Gasteiger partial charge on any atom is -0.349 e. The van der Waals surface area contributed by atoms with E-state index in [4.69, 9.17) is 0 Å². The Morgan fingerprint density at radius 2 is 2.29 bits per heavy atom. The largest absolute Gasteiger partial charge is 0.349 e. The quantitative estimate of drug-likeness (QED) is 0.909. The van der Waals surface area contributed by atoms with E-state index in [0.29, 0.717) is 12.5 Å². The van der Waals surface area contributed by atoms with Crippen LogP contribution in [0.4, 0.5) is 0 Å². The first-order valence-electron chi connectivity index (χ1n) is 8.12. The van der Waals surface area contributed by atoms with Crippen molar-refractivity contribution in [3.63, 3.8) is 0 Å². The van der Waals surface area contributed by atoms with E-state index in [0.717, 1.165) is 38.0 Å². The van der Waals surface area contributed by atoms with Crippen molar-refractivity contribution in [1.29, 1.82) is 0 Å². The first-order valence-corrected chi connectivity index (χ1v) is 8.12. The van der Waals surface area contributed by atoms with Crippen LogP contribution in [0.25, 0.3) is 0 Å². The van der Waals surface area contributed by atoms with Gasteiger partial charge in [-0.1, -0.05) is 6.07 Å². The third-order valence-electron chi connectivity index (χ3n) is 4.97. The molecule has 3 rings (SSSR count). The molecule has 0 aromatic carbocycles. The summed E-state index contributed by atoms with van der Waals surface area (Å²) in [5, 5.41) is 3.31. The van der Waals surface area contributed by atoms with Crippen molar-refractivity contribution in [3.05, 3.63) is 30.1 Å². The molecule has 2 atom stereocenters. The maximum atomic E-state index is 12.0. The van der Waals surface area contributed by atoms with E-state index in [2.05, 4.69) is 28.2 Å². The van der Waals surface area contributed by atoms with Crippen LogP contribution < -0.4 is 5.32 Å². The Bertz CT molecular complexity index is 490. The van der Waals surface area contributed by atoms with Crippen LogP contribution in [0.2, 0.25) is 0 Å². The van der Waals surface area contributed by atoms with Gasteiger partial charge < -0.3 is 5.32 Å². The standard InChI is InChI=1S/C17H25N3O/c1-17-10-3-5-12-20(13-14-7-2-4-11-18-14)15(17)8-6-9-16(21)19-17/h2,4,7,11,15H,3,5-6,8-10,12-13H2,1H3,(H,19,21)/t15-,17-/m0/s1. The molecule has 21 heavy (non-hydrogen) atoms. The molecular formula is C17H25N3O. The second kappa shape index (κ2) is 6.14. The summed E-state index contributed by atoms with van der Waals surface area (Å²) in [6.45, 7) is 4.22. The predicted molar refractivity (Wildman–Crippen MR) is 82.7 cm³/mol. The number of nitrogens with one attached hydrogen (secondary N) is 1. The summed E-state index contributed by atoms with van der Waals surface area (Å²) in [4.78, 5) is 19.0. The molecule has 0 unspecified atom stereocenters. The lowest BCUT2D eigenvalue weighted by atomic mass is 9.85. The summed E-state index contributed by atoms with van der Waals surface area (Å²) < 4.78 is 0. The van der Waals surface area contributed by atoms with Crippen molar-refractivity contribution >= 4 is 5.91 Å². The van der Waals surface area contributed by atoms with E-state index in [9.17, 15) is 4.79 Å². The second-order valence-electron chi connectivity index (χ2n) is 6.62. The monoisotopic (exact) mass is 287 g/mol. The van der Waals surface area contributed by atoms with Crippen molar-refractivity contribution in [2.45, 2.75) is 63.6 Å². The van der Waals surface area contributed by atoms with Gasteiger partial charge in [-0.05, 0) is 57.7 Å². The fourth-order valence-corrected chi connectivity index (χ4v) is 3.91. The van der Waals surface area contributed by atoms with Crippen LogP contribution in [-0.4, -0.2) is 33.9 Å². The Morgan fingerprint density at radius 3 is 3.10 bits per heavy atom. The van der Waals surface area contributed by atoms with Crippen LogP contribution in [0, 0.1) is 0 Å². The highest BCUT2D eigenvalue weighted by Crippen LogP contribution is 2.33. The first kappa shape index (κ1) is 14.5. The summed E-state index contributed by atoms with van der Waals surface area (Å²) in [6.07, 6.45) is 8.10. The number of carbonyl (C=O) groups is 1. The number of aromatic nitrogens is 1. The van der Waals surface area contributed by atoms with E-state index in [1.165, 1.54) is 12.8 Å². The average Bonchev–Trinajstić information content (AvgIpc) is 2.70. The average molecular weight is 287 g/mol. The molecule has 4 heteroatoms. The summed E-state index contributed by atoms with van der Waals surface area (Å²) in [7, 11) is 0. The Morgan fingerprint density at radius 1 is 1.38 bits per heavy atom. The topological polar surface area (TPSA) is 45.2 Å². The van der Waals surface area contributed by atoms with Crippen LogP contribution in [0.3, 0.4) is 0 Å². The molecule has 3 heterocycles. The molecule has 2 fully saturated rings. The van der Waals surface area contributed by atoms with Crippen LogP contribution >= 0.6 is 0 Å². The van der Waals surface area contributed by atoms with Crippen molar-refractivity contribution in [3.8, 4) is 0 Å². The third-order valence-corrected chi connectivity index (χ3v) is 4.97. The van der Waals surface area contributed by atoms with Gasteiger partial charge in [0.25, 0.3) is 0 Å². The summed E-state index contributed by atoms with van der Waals surface area (Å²) in [5.74, 6) is 0.222. The number of hydrogen-bond donors (Lipinski definition) is 1. The molecule has 2 aliphatic heterocycles. The maximum absolute atomic E-state index is 12.0. The van der Waals surface area contributed by atoms with Gasteiger partial charge in [-0.25, -0.2) is 0 Å². The van der Waals surface area contributed by atoms with E-state index in [1.807, 2.05) is 18.3 Å². The lowest BCUT2D eigenvalue weighted by molar-refractivity contribution is -0.122. The van der Waals surface area contributed by atoms with Gasteiger partial charge in [-0.3, -0.25) is 14.7 Å². The lowest BCUT2D eigenvalue weighted by Crippen LogP contribution is -2.58. The molecule has 0 saturated carbocycles. The van der Waals surface area contributed by atoms with Gasteiger partial charge in [0.15, 0.2) is 0 Å². The van der Waals surface area contributed by atoms with Crippen molar-refractivity contribution in [2.75, 3.05) is 6.54 Å². The minimum absolute atomic E-state index is 0.0845. The normalized spacial score (nSPS) is 30.9. The van der Waals surface area contributed by atoms with E-state index < -0.39 is 0 Å². The Balaban J connectivity index is 1.83. The van der Waals surface area contributed by atoms with Crippen molar-refractivity contribution < 1.29 is 4.79 Å². The summed E-state index contributed by atoms with van der Waals surface area (Å²) in [6, 6.07) is 6.53. The van der Waals surface area contributed by atoms with E-state index >= 15 is 0 Å². The fraction of sp³-hybridized carbons (Fsp3) is 0.647. The Labute approximate surface area is 126 Å². The van der Waals surface area contributed by atoms with E-state index in [1.54, 1.807) is 0 Å². The second-order valence-corrected chi connectivity index (χ2v) is 6.62. The molecule has 1 aromatic heterocycles. The minimum atomic E-state index is -0.0845. The summed E-state index contributed by atoms with van der Waals surface area (Å²) in [5.41, 5.74) is 1.04. The smallest absolute Gasteiger partial charge is 0.220 e. The van der Waals surface area contributed by atoms with Crippen LogP contribution in [0.1, 0.15) is 51.1 Å². The van der Waals surface area contributed by atoms with Gasteiger partial charge in [0.2, 0.25) is 5.91 Å². The molecule has 4 nitrogen and oxygen atoms in total. The molecule has 0 aliphatic carbocycles. The number of nitrogens with zero attached hydrogens (tertiary/aromatic N) is 2. The number of hydrogen-bond acceptors (Lipinski definition) is 3.